The van der Waals surface area contributed by atoms with Crippen molar-refractivity contribution in [2.45, 2.75) is 37.8 Å². The van der Waals surface area contributed by atoms with Crippen LogP contribution in [0.5, 0.6) is 0 Å². The molecule has 2 nitrogen and oxygen atoms in total. The molecule has 2 rings (SSSR count). The minimum atomic E-state index is -0.0972. The van der Waals surface area contributed by atoms with Gasteiger partial charge in [0.1, 0.15) is 0 Å². The third-order valence-electron chi connectivity index (χ3n) is 3.04. The normalized spacial score (nSPS) is 43.6. The van der Waals surface area contributed by atoms with Gasteiger partial charge in [0, 0.05) is 5.54 Å². The molecule has 1 saturated heterocycles. The molecular weight excluding hydrogens is 162 g/mol. The zero-order valence-corrected chi connectivity index (χ0v) is 7.66. The Hall–Kier alpha value is 0.210. The molecule has 11 heavy (non-hydrogen) atoms. The number of aliphatic hydroxyl groups is 1. The van der Waals surface area contributed by atoms with Gasteiger partial charge in [-0.3, -0.25) is 0 Å². The van der Waals surface area contributed by atoms with Crippen LogP contribution in [-0.2, 0) is 0 Å². The van der Waals surface area contributed by atoms with Crippen molar-refractivity contribution in [2.24, 2.45) is 5.92 Å². The van der Waals surface area contributed by atoms with Gasteiger partial charge < -0.3 is 10.4 Å². The number of aliphatic hydroxyl groups excluding tert-OH is 1. The molecule has 3 heteroatoms. The first-order valence-electron chi connectivity index (χ1n) is 4.16. The fraction of sp³-hybridized carbons (Fsp3) is 1.00. The number of halogens is 1. The van der Waals surface area contributed by atoms with Crippen molar-refractivity contribution in [1.82, 2.24) is 5.32 Å². The Morgan fingerprint density at radius 2 is 2.00 bits per heavy atom. The van der Waals surface area contributed by atoms with Crippen LogP contribution in [0.25, 0.3) is 0 Å². The molecule has 66 valence electrons. The van der Waals surface area contributed by atoms with E-state index in [2.05, 4.69) is 12.2 Å². The van der Waals surface area contributed by atoms with Gasteiger partial charge in [0.2, 0.25) is 0 Å². The molecule has 1 aliphatic carbocycles. The molecule has 0 aromatic carbocycles. The first-order chi connectivity index (χ1) is 4.73. The van der Waals surface area contributed by atoms with Crippen LogP contribution < -0.4 is 5.32 Å². The first-order valence-corrected chi connectivity index (χ1v) is 4.16. The Bertz CT molecular complexity index is 149. The smallest absolute Gasteiger partial charge is 0.0733 e. The van der Waals surface area contributed by atoms with Crippen LogP contribution in [0.1, 0.15) is 26.2 Å². The van der Waals surface area contributed by atoms with E-state index in [1.165, 1.54) is 12.8 Å². The van der Waals surface area contributed by atoms with E-state index in [0.717, 1.165) is 18.9 Å². The van der Waals surface area contributed by atoms with E-state index in [0.29, 0.717) is 0 Å². The van der Waals surface area contributed by atoms with Crippen LogP contribution in [0.2, 0.25) is 0 Å². The van der Waals surface area contributed by atoms with Gasteiger partial charge in [0.15, 0.2) is 0 Å². The third kappa shape index (κ3) is 1.40. The van der Waals surface area contributed by atoms with E-state index in [1.807, 2.05) is 0 Å². The topological polar surface area (TPSA) is 32.3 Å². The highest BCUT2D eigenvalue weighted by Gasteiger charge is 2.48. The molecule has 0 bridgehead atoms. The number of nitrogens with one attached hydrogen (secondary N) is 1. The zero-order chi connectivity index (χ0) is 7.19. The highest BCUT2D eigenvalue weighted by Crippen LogP contribution is 2.43. The fourth-order valence-corrected chi connectivity index (χ4v) is 2.00. The molecule has 2 unspecified atom stereocenters. The fourth-order valence-electron chi connectivity index (χ4n) is 2.00. The SMILES string of the molecule is CC1(C2CC2)NCCC1O.Cl. The van der Waals surface area contributed by atoms with Crippen LogP contribution in [0.4, 0.5) is 0 Å². The Labute approximate surface area is 73.8 Å². The quantitative estimate of drug-likeness (QED) is 0.625. The number of rotatable bonds is 1. The lowest BCUT2D eigenvalue weighted by Gasteiger charge is -2.28. The first kappa shape index (κ1) is 9.30. The second-order valence-electron chi connectivity index (χ2n) is 3.79. The second-order valence-corrected chi connectivity index (χ2v) is 3.79. The molecular formula is C8H16ClNO. The molecule has 1 heterocycles. The lowest BCUT2D eigenvalue weighted by molar-refractivity contribution is 0.0942. The van der Waals surface area contributed by atoms with E-state index in [4.69, 9.17) is 0 Å². The standard InChI is InChI=1S/C8H15NO.ClH/c1-8(6-2-3-6)7(10)4-5-9-8;/h6-7,9-10H,2-5H2,1H3;1H. The number of hydrogen-bond donors (Lipinski definition) is 2. The van der Waals surface area contributed by atoms with Gasteiger partial charge in [0.25, 0.3) is 0 Å². The second kappa shape index (κ2) is 2.92. The van der Waals surface area contributed by atoms with E-state index >= 15 is 0 Å². The van der Waals surface area contributed by atoms with Gasteiger partial charge in [-0.2, -0.15) is 0 Å². The summed E-state index contributed by atoms with van der Waals surface area (Å²) < 4.78 is 0. The molecule has 2 atom stereocenters. The lowest BCUT2D eigenvalue weighted by Crippen LogP contribution is -2.46. The van der Waals surface area contributed by atoms with Crippen LogP contribution in [-0.4, -0.2) is 23.3 Å². The van der Waals surface area contributed by atoms with Crippen molar-refractivity contribution >= 4 is 12.4 Å². The van der Waals surface area contributed by atoms with Crippen molar-refractivity contribution in [3.8, 4) is 0 Å². The molecule has 1 saturated carbocycles. The van der Waals surface area contributed by atoms with Gasteiger partial charge >= 0.3 is 0 Å². The van der Waals surface area contributed by atoms with Crippen molar-refractivity contribution in [1.29, 1.82) is 0 Å². The number of hydrogen-bond acceptors (Lipinski definition) is 2. The van der Waals surface area contributed by atoms with Crippen LogP contribution in [0.3, 0.4) is 0 Å². The molecule has 2 aliphatic rings. The summed E-state index contributed by atoms with van der Waals surface area (Å²) >= 11 is 0. The van der Waals surface area contributed by atoms with Crippen molar-refractivity contribution in [3.05, 3.63) is 0 Å². The van der Waals surface area contributed by atoms with Crippen molar-refractivity contribution in [2.75, 3.05) is 6.54 Å². The molecule has 1 aliphatic heterocycles. The zero-order valence-electron chi connectivity index (χ0n) is 6.84. The molecule has 0 aromatic heterocycles. The minimum Gasteiger partial charge on any atom is -0.391 e. The van der Waals surface area contributed by atoms with Gasteiger partial charge in [-0.1, -0.05) is 0 Å². The summed E-state index contributed by atoms with van der Waals surface area (Å²) in [5, 5.41) is 13.0. The average molecular weight is 178 g/mol. The van der Waals surface area contributed by atoms with Gasteiger partial charge in [-0.05, 0) is 38.6 Å². The van der Waals surface area contributed by atoms with Crippen molar-refractivity contribution < 1.29 is 5.11 Å². The Balaban J connectivity index is 0.000000605. The highest BCUT2D eigenvalue weighted by atomic mass is 35.5. The predicted molar refractivity (Wildman–Crippen MR) is 47.0 cm³/mol. The van der Waals surface area contributed by atoms with Crippen LogP contribution in [0.15, 0.2) is 0 Å². The Kier molecular flexibility index (Phi) is 2.47. The van der Waals surface area contributed by atoms with E-state index in [-0.39, 0.29) is 24.0 Å². The van der Waals surface area contributed by atoms with E-state index in [9.17, 15) is 5.11 Å². The summed E-state index contributed by atoms with van der Waals surface area (Å²) in [6.45, 7) is 3.15. The molecule has 0 radical (unpaired) electrons. The van der Waals surface area contributed by atoms with Crippen LogP contribution in [0, 0.1) is 5.92 Å². The molecule has 2 fully saturated rings. The third-order valence-corrected chi connectivity index (χ3v) is 3.04. The van der Waals surface area contributed by atoms with E-state index < -0.39 is 0 Å². The summed E-state index contributed by atoms with van der Waals surface area (Å²) in [6.07, 6.45) is 3.45. The summed E-state index contributed by atoms with van der Waals surface area (Å²) in [7, 11) is 0. The molecule has 0 spiro atoms. The maximum Gasteiger partial charge on any atom is 0.0733 e. The molecule has 0 amide bonds. The lowest BCUT2D eigenvalue weighted by atomic mass is 9.91. The van der Waals surface area contributed by atoms with E-state index in [1.54, 1.807) is 0 Å². The summed E-state index contributed by atoms with van der Waals surface area (Å²) in [5.74, 6) is 0.755. The largest absolute Gasteiger partial charge is 0.391 e. The predicted octanol–water partition coefficient (Wildman–Crippen LogP) is 0.931. The summed E-state index contributed by atoms with van der Waals surface area (Å²) in [6, 6.07) is 0. The van der Waals surface area contributed by atoms with Gasteiger partial charge in [0.05, 0.1) is 6.10 Å². The van der Waals surface area contributed by atoms with Crippen LogP contribution >= 0.6 is 12.4 Å². The highest BCUT2D eigenvalue weighted by molar-refractivity contribution is 5.85. The van der Waals surface area contributed by atoms with Gasteiger partial charge in [-0.15, -0.1) is 12.4 Å². The summed E-state index contributed by atoms with van der Waals surface area (Å²) in [5.41, 5.74) is 0.0694. The molecule has 2 N–H and O–H groups in total. The van der Waals surface area contributed by atoms with Gasteiger partial charge in [-0.25, -0.2) is 0 Å². The Morgan fingerprint density at radius 1 is 1.36 bits per heavy atom. The maximum absolute atomic E-state index is 9.60. The maximum atomic E-state index is 9.60. The monoisotopic (exact) mass is 177 g/mol. The van der Waals surface area contributed by atoms with Crippen molar-refractivity contribution in [3.63, 3.8) is 0 Å². The average Bonchev–Trinajstić information content (AvgIpc) is 2.65. The minimum absolute atomic E-state index is 0. The molecule has 0 aromatic rings. The Morgan fingerprint density at radius 3 is 2.36 bits per heavy atom. The summed E-state index contributed by atoms with van der Waals surface area (Å²) in [4.78, 5) is 0.